The van der Waals surface area contributed by atoms with Crippen LogP contribution in [0.2, 0.25) is 0 Å². The molecule has 6 nitrogen and oxygen atoms in total. The summed E-state index contributed by atoms with van der Waals surface area (Å²) in [7, 11) is -3.30. The summed E-state index contributed by atoms with van der Waals surface area (Å²) in [6.45, 7) is 6.12. The molecule has 1 aliphatic heterocycles. The summed E-state index contributed by atoms with van der Waals surface area (Å²) in [5.41, 5.74) is 2.50. The summed E-state index contributed by atoms with van der Waals surface area (Å²) in [4.78, 5) is 5.65. The van der Waals surface area contributed by atoms with Crippen molar-refractivity contribution in [2.24, 2.45) is 0 Å². The molecule has 0 aliphatic carbocycles. The predicted octanol–water partition coefficient (Wildman–Crippen LogP) is 1.57. The first-order valence-electron chi connectivity index (χ1n) is 8.62. The minimum Gasteiger partial charge on any atom is -0.361 e. The third-order valence-corrected chi connectivity index (χ3v) is 6.19. The van der Waals surface area contributed by atoms with E-state index in [1.165, 1.54) is 16.5 Å². The predicted molar refractivity (Wildman–Crippen MR) is 97.2 cm³/mol. The van der Waals surface area contributed by atoms with Crippen molar-refractivity contribution in [1.82, 2.24) is 18.9 Å². The molecule has 3 rings (SSSR count). The van der Waals surface area contributed by atoms with Crippen LogP contribution < -0.4 is 4.72 Å². The molecule has 2 aromatic rings. The molecule has 24 heavy (non-hydrogen) atoms. The first kappa shape index (κ1) is 17.4. The largest absolute Gasteiger partial charge is 0.361 e. The Morgan fingerprint density at radius 3 is 2.67 bits per heavy atom. The molecule has 0 amide bonds. The van der Waals surface area contributed by atoms with Crippen LogP contribution in [0.25, 0.3) is 10.9 Å². The minimum atomic E-state index is -3.30. The zero-order valence-electron chi connectivity index (χ0n) is 14.2. The number of rotatable bonds is 7. The highest BCUT2D eigenvalue weighted by Crippen LogP contribution is 2.18. The second-order valence-electron chi connectivity index (χ2n) is 6.25. The minimum absolute atomic E-state index is 0.503. The SMILES string of the molecule is CCCNS(=O)(=O)N1CCN(CCc2c[nH]c3ccccc23)CC1. The number of para-hydroxylation sites is 1. The Labute approximate surface area is 144 Å². The summed E-state index contributed by atoms with van der Waals surface area (Å²) < 4.78 is 28.5. The van der Waals surface area contributed by atoms with E-state index < -0.39 is 10.2 Å². The van der Waals surface area contributed by atoms with Crippen LogP contribution in [-0.4, -0.2) is 61.9 Å². The number of hydrogen-bond donors (Lipinski definition) is 2. The van der Waals surface area contributed by atoms with Crippen molar-refractivity contribution < 1.29 is 8.42 Å². The summed E-state index contributed by atoms with van der Waals surface area (Å²) in [5.74, 6) is 0. The van der Waals surface area contributed by atoms with Crippen LogP contribution >= 0.6 is 0 Å². The van der Waals surface area contributed by atoms with Gasteiger partial charge in [-0.3, -0.25) is 0 Å². The molecule has 2 heterocycles. The first-order chi connectivity index (χ1) is 11.6. The molecule has 7 heteroatoms. The number of aromatic amines is 1. The first-order valence-corrected chi connectivity index (χ1v) is 10.1. The van der Waals surface area contributed by atoms with E-state index in [9.17, 15) is 8.42 Å². The maximum absolute atomic E-state index is 12.1. The summed E-state index contributed by atoms with van der Waals surface area (Å²) >= 11 is 0. The number of nitrogens with one attached hydrogen (secondary N) is 2. The fourth-order valence-corrected chi connectivity index (χ4v) is 4.42. The molecule has 1 aromatic carbocycles. The van der Waals surface area contributed by atoms with Gasteiger partial charge in [0.15, 0.2) is 0 Å². The maximum atomic E-state index is 12.1. The van der Waals surface area contributed by atoms with Crippen LogP contribution in [0.1, 0.15) is 18.9 Å². The van der Waals surface area contributed by atoms with Gasteiger partial charge < -0.3 is 9.88 Å². The highest BCUT2D eigenvalue weighted by Gasteiger charge is 2.26. The van der Waals surface area contributed by atoms with Gasteiger partial charge >= 0.3 is 0 Å². The van der Waals surface area contributed by atoms with E-state index in [2.05, 4.69) is 39.0 Å². The quantitative estimate of drug-likeness (QED) is 0.796. The molecule has 1 fully saturated rings. The monoisotopic (exact) mass is 350 g/mol. The standard InChI is InChI=1S/C17H26N4O2S/c1-2-8-19-24(22,23)21-12-10-20(11-13-21)9-7-15-14-18-17-6-4-3-5-16(15)17/h3-6,14,18-19H,2,7-13H2,1H3. The van der Waals surface area contributed by atoms with Crippen LogP contribution in [-0.2, 0) is 16.6 Å². The lowest BCUT2D eigenvalue weighted by atomic mass is 10.1. The van der Waals surface area contributed by atoms with Crippen molar-refractivity contribution in [2.45, 2.75) is 19.8 Å². The van der Waals surface area contributed by atoms with Crippen molar-refractivity contribution >= 4 is 21.1 Å². The zero-order valence-corrected chi connectivity index (χ0v) is 15.0. The average Bonchev–Trinajstić information content (AvgIpc) is 3.02. The third kappa shape index (κ3) is 3.97. The third-order valence-electron chi connectivity index (χ3n) is 4.58. The second-order valence-corrected chi connectivity index (χ2v) is 8.00. The molecule has 1 aromatic heterocycles. The number of hydrogen-bond acceptors (Lipinski definition) is 3. The van der Waals surface area contributed by atoms with Gasteiger partial charge in [0.05, 0.1) is 0 Å². The number of aromatic nitrogens is 1. The summed E-state index contributed by atoms with van der Waals surface area (Å²) in [6, 6.07) is 8.33. The molecule has 1 saturated heterocycles. The van der Waals surface area contributed by atoms with Gasteiger partial charge in [-0.2, -0.15) is 12.7 Å². The Balaban J connectivity index is 1.51. The van der Waals surface area contributed by atoms with E-state index in [1.54, 1.807) is 4.31 Å². The van der Waals surface area contributed by atoms with E-state index in [0.29, 0.717) is 19.6 Å². The van der Waals surface area contributed by atoms with E-state index in [-0.39, 0.29) is 0 Å². The van der Waals surface area contributed by atoms with Gasteiger partial charge in [-0.05, 0) is 24.5 Å². The lowest BCUT2D eigenvalue weighted by Crippen LogP contribution is -2.52. The Kier molecular flexibility index (Phi) is 5.55. The van der Waals surface area contributed by atoms with Crippen LogP contribution in [0.3, 0.4) is 0 Å². The fraction of sp³-hybridized carbons (Fsp3) is 0.529. The summed E-state index contributed by atoms with van der Waals surface area (Å²) in [5, 5.41) is 1.28. The van der Waals surface area contributed by atoms with Gasteiger partial charge in [-0.15, -0.1) is 0 Å². The van der Waals surface area contributed by atoms with E-state index >= 15 is 0 Å². The molecular weight excluding hydrogens is 324 g/mol. The van der Waals surface area contributed by atoms with Crippen LogP contribution in [0, 0.1) is 0 Å². The molecular formula is C17H26N4O2S. The van der Waals surface area contributed by atoms with Gasteiger partial charge in [0.25, 0.3) is 10.2 Å². The highest BCUT2D eigenvalue weighted by molar-refractivity contribution is 7.87. The van der Waals surface area contributed by atoms with Gasteiger partial charge in [0, 0.05) is 56.4 Å². The summed E-state index contributed by atoms with van der Waals surface area (Å²) in [6.07, 6.45) is 3.87. The lowest BCUT2D eigenvalue weighted by Gasteiger charge is -2.33. The van der Waals surface area contributed by atoms with Crippen molar-refractivity contribution in [3.8, 4) is 0 Å². The normalized spacial score (nSPS) is 17.5. The number of benzene rings is 1. The highest BCUT2D eigenvalue weighted by atomic mass is 32.2. The van der Waals surface area contributed by atoms with Gasteiger partial charge in [0.1, 0.15) is 0 Å². The zero-order chi connectivity index (χ0) is 17.0. The molecule has 132 valence electrons. The van der Waals surface area contributed by atoms with Crippen molar-refractivity contribution in [1.29, 1.82) is 0 Å². The Bertz CT molecular complexity index is 764. The average molecular weight is 350 g/mol. The van der Waals surface area contributed by atoms with Crippen LogP contribution in [0.5, 0.6) is 0 Å². The van der Waals surface area contributed by atoms with Crippen LogP contribution in [0.15, 0.2) is 30.5 Å². The topological polar surface area (TPSA) is 68.4 Å². The van der Waals surface area contributed by atoms with Gasteiger partial charge in [0.2, 0.25) is 0 Å². The number of fused-ring (bicyclic) bond motifs is 1. The second kappa shape index (κ2) is 7.65. The van der Waals surface area contributed by atoms with Crippen molar-refractivity contribution in [3.05, 3.63) is 36.0 Å². The Morgan fingerprint density at radius 1 is 1.17 bits per heavy atom. The van der Waals surface area contributed by atoms with Gasteiger partial charge in [-0.1, -0.05) is 25.1 Å². The number of nitrogens with zero attached hydrogens (tertiary/aromatic N) is 2. The molecule has 0 spiro atoms. The fourth-order valence-electron chi connectivity index (χ4n) is 3.13. The smallest absolute Gasteiger partial charge is 0.279 e. The van der Waals surface area contributed by atoms with Gasteiger partial charge in [-0.25, -0.2) is 4.72 Å². The molecule has 1 aliphatic rings. The Morgan fingerprint density at radius 2 is 1.92 bits per heavy atom. The molecule has 0 radical (unpaired) electrons. The molecule has 0 bridgehead atoms. The van der Waals surface area contributed by atoms with E-state index in [4.69, 9.17) is 0 Å². The molecule has 0 atom stereocenters. The van der Waals surface area contributed by atoms with Crippen LogP contribution in [0.4, 0.5) is 0 Å². The number of H-pyrrole nitrogens is 1. The van der Waals surface area contributed by atoms with Crippen molar-refractivity contribution in [2.75, 3.05) is 39.3 Å². The van der Waals surface area contributed by atoms with E-state index in [1.807, 2.05) is 13.0 Å². The molecule has 0 saturated carbocycles. The molecule has 2 N–H and O–H groups in total. The molecule has 0 unspecified atom stereocenters. The number of piperazine rings is 1. The Hall–Kier alpha value is -1.41. The van der Waals surface area contributed by atoms with Crippen molar-refractivity contribution in [3.63, 3.8) is 0 Å². The van der Waals surface area contributed by atoms with E-state index in [0.717, 1.165) is 32.5 Å². The lowest BCUT2D eigenvalue weighted by molar-refractivity contribution is 0.189. The maximum Gasteiger partial charge on any atom is 0.279 e.